The summed E-state index contributed by atoms with van der Waals surface area (Å²) in [5.74, 6) is -2.55. The van der Waals surface area contributed by atoms with Gasteiger partial charge in [-0.25, -0.2) is 4.79 Å². The van der Waals surface area contributed by atoms with Crippen LogP contribution < -0.4 is 9.47 Å². The Morgan fingerprint density at radius 3 is 2.52 bits per heavy atom. The Hall–Kier alpha value is -2.88. The smallest absolute Gasteiger partial charge is 0.331 e. The van der Waals surface area contributed by atoms with Gasteiger partial charge in [-0.1, -0.05) is 32.1 Å². The molecule has 2 spiro atoms. The molecule has 2 N–H and O–H groups in total. The number of ether oxygens (including phenoxy) is 5. The van der Waals surface area contributed by atoms with E-state index in [4.69, 9.17) is 23.7 Å². The summed E-state index contributed by atoms with van der Waals surface area (Å²) in [6.07, 6.45) is 3.66. The third-order valence-electron chi connectivity index (χ3n) is 11.3. The number of carbonyl (C=O) groups excluding carboxylic acids is 2. The van der Waals surface area contributed by atoms with Crippen molar-refractivity contribution >= 4 is 18.0 Å². The van der Waals surface area contributed by atoms with Crippen LogP contribution >= 0.6 is 0 Å². The molecule has 4 saturated carbocycles. The van der Waals surface area contributed by atoms with Crippen LogP contribution in [0.2, 0.25) is 0 Å². The fraction of sp³-hybridized carbons (Fsp3) is 0.636. The van der Waals surface area contributed by atoms with Gasteiger partial charge in [0.25, 0.3) is 0 Å². The Kier molecular flexibility index (Phi) is 6.83. The van der Waals surface area contributed by atoms with E-state index in [9.17, 15) is 19.8 Å². The first-order valence-electron chi connectivity index (χ1n) is 14.9. The first-order valence-corrected chi connectivity index (χ1v) is 14.9. The highest BCUT2D eigenvalue weighted by Gasteiger charge is 2.85. The largest absolute Gasteiger partial charge is 0.493 e. The minimum Gasteiger partial charge on any atom is -0.493 e. The number of esters is 2. The summed E-state index contributed by atoms with van der Waals surface area (Å²) in [5, 5.41) is 24.5. The molecule has 2 saturated heterocycles. The lowest BCUT2D eigenvalue weighted by molar-refractivity contribution is -0.468. The number of carbonyl (C=O) groups is 2. The van der Waals surface area contributed by atoms with Gasteiger partial charge in [-0.3, -0.25) is 4.79 Å². The van der Waals surface area contributed by atoms with E-state index in [2.05, 4.69) is 20.4 Å². The third-order valence-corrected chi connectivity index (χ3v) is 11.3. The van der Waals surface area contributed by atoms with Crippen LogP contribution in [0.15, 0.2) is 36.4 Å². The summed E-state index contributed by atoms with van der Waals surface area (Å²) in [5.41, 5.74) is -0.604. The van der Waals surface area contributed by atoms with Gasteiger partial charge >= 0.3 is 11.9 Å². The maximum atomic E-state index is 13.4. The molecule has 9 heteroatoms. The van der Waals surface area contributed by atoms with Crippen LogP contribution in [0.3, 0.4) is 0 Å². The van der Waals surface area contributed by atoms with Gasteiger partial charge in [0.05, 0.1) is 26.2 Å². The minimum absolute atomic E-state index is 0.163. The van der Waals surface area contributed by atoms with Gasteiger partial charge in [-0.15, -0.1) is 0 Å². The van der Waals surface area contributed by atoms with Crippen molar-refractivity contribution in [3.63, 3.8) is 0 Å². The van der Waals surface area contributed by atoms with E-state index >= 15 is 0 Å². The second kappa shape index (κ2) is 9.82. The van der Waals surface area contributed by atoms with Crippen LogP contribution in [-0.4, -0.2) is 67.1 Å². The molecule has 7 rings (SSSR count). The molecular weight excluding hydrogens is 540 g/mol. The Labute approximate surface area is 246 Å². The summed E-state index contributed by atoms with van der Waals surface area (Å²) >= 11 is 0. The summed E-state index contributed by atoms with van der Waals surface area (Å²) in [7, 11) is 3.10. The Bertz CT molecular complexity index is 1330. The quantitative estimate of drug-likeness (QED) is 0.291. The van der Waals surface area contributed by atoms with E-state index in [-0.39, 0.29) is 35.7 Å². The third kappa shape index (κ3) is 3.78. The average molecular weight is 583 g/mol. The highest BCUT2D eigenvalue weighted by molar-refractivity contribution is 5.87. The molecule has 6 fully saturated rings. The van der Waals surface area contributed by atoms with Crippen molar-refractivity contribution in [3.05, 3.63) is 42.0 Å². The summed E-state index contributed by atoms with van der Waals surface area (Å²) < 4.78 is 29.2. The van der Waals surface area contributed by atoms with Crippen molar-refractivity contribution < 1.29 is 43.5 Å². The molecule has 228 valence electrons. The summed E-state index contributed by atoms with van der Waals surface area (Å²) in [4.78, 5) is 25.7. The topological polar surface area (TPSA) is 121 Å². The second-order valence-electron chi connectivity index (χ2n) is 13.6. The van der Waals surface area contributed by atoms with Crippen molar-refractivity contribution in [2.24, 2.45) is 34.0 Å². The predicted octanol–water partition coefficient (Wildman–Crippen LogP) is 4.05. The highest BCUT2D eigenvalue weighted by atomic mass is 16.7. The number of methoxy groups -OCH3 is 2. The standard InChI is InChI=1S/C33H42O9/c1-18-16-32-24(31-17-40-33(32,37)28(36)27(31)30(3,4)14-13-25(31)41-19(2)34)11-9-21(18)29(32)42-26(35)12-8-20-7-10-22(38-5)23(15-20)39-6/h7-8,10,12,15,21,24-25,27-29,36-37H,1,9,11,13-14,16-17H2,2-6H3/b12-8+/t21-,24?,25?,27+,28-,29+,31?,32?,33-/m0/s1. The molecule has 0 radical (unpaired) electrons. The molecule has 1 aromatic carbocycles. The molecule has 0 amide bonds. The van der Waals surface area contributed by atoms with E-state index in [1.54, 1.807) is 38.5 Å². The van der Waals surface area contributed by atoms with Crippen LogP contribution in [0.1, 0.15) is 58.4 Å². The van der Waals surface area contributed by atoms with Crippen molar-refractivity contribution in [2.45, 2.75) is 77.0 Å². The maximum Gasteiger partial charge on any atom is 0.331 e. The molecule has 4 unspecified atom stereocenters. The van der Waals surface area contributed by atoms with Gasteiger partial charge in [-0.05, 0) is 67.2 Å². The van der Waals surface area contributed by atoms with E-state index in [0.717, 1.165) is 30.4 Å². The lowest BCUT2D eigenvalue weighted by atomic mass is 9.35. The number of aliphatic hydroxyl groups excluding tert-OH is 1. The van der Waals surface area contributed by atoms with E-state index < -0.39 is 40.9 Å². The number of fused-ring (bicyclic) bond motifs is 2. The maximum absolute atomic E-state index is 13.4. The summed E-state index contributed by atoms with van der Waals surface area (Å²) in [6.45, 7) is 10.1. The van der Waals surface area contributed by atoms with Crippen LogP contribution in [0.5, 0.6) is 11.5 Å². The minimum atomic E-state index is -1.95. The Morgan fingerprint density at radius 1 is 1.10 bits per heavy atom. The Balaban J connectivity index is 1.38. The molecule has 2 aliphatic heterocycles. The molecule has 0 aromatic heterocycles. The highest BCUT2D eigenvalue weighted by Crippen LogP contribution is 2.78. The Morgan fingerprint density at radius 2 is 1.83 bits per heavy atom. The lowest BCUT2D eigenvalue weighted by Crippen LogP contribution is -2.84. The van der Waals surface area contributed by atoms with E-state index in [1.165, 1.54) is 13.0 Å². The van der Waals surface area contributed by atoms with Gasteiger partial charge in [-0.2, -0.15) is 0 Å². The zero-order valence-electron chi connectivity index (χ0n) is 25.1. The van der Waals surface area contributed by atoms with E-state index in [1.807, 2.05) is 0 Å². The molecule has 4 bridgehead atoms. The number of aliphatic hydroxyl groups is 2. The fourth-order valence-electron chi connectivity index (χ4n) is 9.89. The fourth-order valence-corrected chi connectivity index (χ4v) is 9.89. The monoisotopic (exact) mass is 582 g/mol. The van der Waals surface area contributed by atoms with Gasteiger partial charge < -0.3 is 33.9 Å². The molecular formula is C33H42O9. The zero-order chi connectivity index (χ0) is 30.2. The molecule has 4 aliphatic carbocycles. The van der Waals surface area contributed by atoms with E-state index in [0.29, 0.717) is 24.3 Å². The normalized spacial score (nSPS) is 41.2. The zero-order valence-corrected chi connectivity index (χ0v) is 25.1. The molecule has 42 heavy (non-hydrogen) atoms. The molecule has 9 atom stereocenters. The molecule has 1 aromatic rings. The molecule has 6 aliphatic rings. The number of hydrogen-bond acceptors (Lipinski definition) is 9. The van der Waals surface area contributed by atoms with Crippen molar-refractivity contribution in [3.8, 4) is 11.5 Å². The second-order valence-corrected chi connectivity index (χ2v) is 13.6. The SMILES string of the molecule is C=C1CC23C(CC[C@@H]1[C@H]2OC(=O)/C=C/c1ccc(OC)c(OC)c1)C12CO[C@@]3(O)[C@@H](O)[C@@H]1C(C)(C)CCC2OC(C)=O. The van der Waals surface area contributed by atoms with Crippen LogP contribution in [-0.2, 0) is 23.8 Å². The average Bonchev–Trinajstić information content (AvgIpc) is 3.09. The summed E-state index contributed by atoms with van der Waals surface area (Å²) in [6, 6.07) is 5.32. The van der Waals surface area contributed by atoms with Gasteiger partial charge in [0.15, 0.2) is 11.5 Å². The molecule has 2 heterocycles. The molecule has 9 nitrogen and oxygen atoms in total. The number of rotatable bonds is 6. The first kappa shape index (κ1) is 29.2. The van der Waals surface area contributed by atoms with Gasteiger partial charge in [0, 0.05) is 30.3 Å². The predicted molar refractivity (Wildman–Crippen MR) is 152 cm³/mol. The van der Waals surface area contributed by atoms with Crippen LogP contribution in [0.25, 0.3) is 6.08 Å². The van der Waals surface area contributed by atoms with Crippen molar-refractivity contribution in [1.82, 2.24) is 0 Å². The van der Waals surface area contributed by atoms with Crippen molar-refractivity contribution in [1.29, 1.82) is 0 Å². The van der Waals surface area contributed by atoms with Gasteiger partial charge in [0.1, 0.15) is 18.3 Å². The van der Waals surface area contributed by atoms with Crippen LogP contribution in [0.4, 0.5) is 0 Å². The van der Waals surface area contributed by atoms with Crippen molar-refractivity contribution in [2.75, 3.05) is 20.8 Å². The lowest BCUT2D eigenvalue weighted by Gasteiger charge is -2.75. The number of hydrogen-bond donors (Lipinski definition) is 2. The van der Waals surface area contributed by atoms with Gasteiger partial charge in [0.2, 0.25) is 5.79 Å². The van der Waals surface area contributed by atoms with Crippen LogP contribution in [0, 0.1) is 34.0 Å². The first-order chi connectivity index (χ1) is 19.9. The number of benzene rings is 1.